The Morgan fingerprint density at radius 2 is 2.46 bits per heavy atom. The Bertz CT molecular complexity index is 228. The molecular weight excluding hydrogens is 172 g/mol. The fourth-order valence-corrected chi connectivity index (χ4v) is 2.01. The monoisotopic (exact) mass is 186 g/mol. The van der Waals surface area contributed by atoms with Crippen LogP contribution in [0, 0.1) is 0 Å². The van der Waals surface area contributed by atoms with Gasteiger partial charge in [0.1, 0.15) is 11.4 Å². The highest BCUT2D eigenvalue weighted by molar-refractivity contribution is 5.76. The summed E-state index contributed by atoms with van der Waals surface area (Å²) in [5.74, 6) is -0.0277. The van der Waals surface area contributed by atoms with Crippen LogP contribution in [0.15, 0.2) is 0 Å². The van der Waals surface area contributed by atoms with Gasteiger partial charge in [-0.1, -0.05) is 0 Å². The average Bonchev–Trinajstić information content (AvgIpc) is 2.42. The first-order chi connectivity index (χ1) is 6.10. The predicted octanol–water partition coefficient (Wildman–Crippen LogP) is 0.232. The van der Waals surface area contributed by atoms with Gasteiger partial charge in [-0.05, 0) is 19.8 Å². The standard InChI is InChI=1S/C9H14O4/c1-6(10)4-9(11)3-2-7-5-12-8(9)13-7/h7-8,11H,2-5H2,1H3/t7?,8-,9?/m1/s1. The van der Waals surface area contributed by atoms with Crippen molar-refractivity contribution in [1.29, 1.82) is 0 Å². The summed E-state index contributed by atoms with van der Waals surface area (Å²) in [6, 6.07) is 0. The molecule has 74 valence electrons. The molecule has 4 heteroatoms. The van der Waals surface area contributed by atoms with Crippen molar-refractivity contribution in [3.63, 3.8) is 0 Å². The first-order valence-corrected chi connectivity index (χ1v) is 4.59. The number of rotatable bonds is 2. The molecule has 1 N–H and O–H groups in total. The molecule has 2 rings (SSSR count). The van der Waals surface area contributed by atoms with E-state index in [0.29, 0.717) is 13.0 Å². The zero-order valence-corrected chi connectivity index (χ0v) is 7.66. The van der Waals surface area contributed by atoms with Crippen LogP contribution in [0.2, 0.25) is 0 Å². The average molecular weight is 186 g/mol. The van der Waals surface area contributed by atoms with Crippen molar-refractivity contribution in [3.8, 4) is 0 Å². The zero-order chi connectivity index (χ0) is 9.47. The summed E-state index contributed by atoms with van der Waals surface area (Å²) >= 11 is 0. The number of hydrogen-bond donors (Lipinski definition) is 1. The molecule has 2 bridgehead atoms. The quantitative estimate of drug-likeness (QED) is 0.670. The van der Waals surface area contributed by atoms with E-state index < -0.39 is 11.9 Å². The lowest BCUT2D eigenvalue weighted by Crippen LogP contribution is -2.47. The van der Waals surface area contributed by atoms with E-state index in [1.807, 2.05) is 0 Å². The molecular formula is C9H14O4. The van der Waals surface area contributed by atoms with Crippen molar-refractivity contribution in [1.82, 2.24) is 0 Å². The first-order valence-electron chi connectivity index (χ1n) is 4.59. The number of carbonyl (C=O) groups excluding carboxylic acids is 1. The smallest absolute Gasteiger partial charge is 0.187 e. The molecule has 2 aliphatic heterocycles. The number of ketones is 1. The van der Waals surface area contributed by atoms with E-state index in [1.165, 1.54) is 6.92 Å². The maximum absolute atomic E-state index is 10.9. The van der Waals surface area contributed by atoms with E-state index in [0.717, 1.165) is 6.42 Å². The van der Waals surface area contributed by atoms with Gasteiger partial charge in [0.25, 0.3) is 0 Å². The third-order valence-corrected chi connectivity index (χ3v) is 2.64. The van der Waals surface area contributed by atoms with Gasteiger partial charge >= 0.3 is 0 Å². The molecule has 2 unspecified atom stereocenters. The normalized spacial score (nSPS) is 43.5. The second kappa shape index (κ2) is 3.04. The molecule has 0 spiro atoms. The van der Waals surface area contributed by atoms with Crippen LogP contribution < -0.4 is 0 Å². The van der Waals surface area contributed by atoms with Gasteiger partial charge in [0.05, 0.1) is 12.7 Å². The van der Waals surface area contributed by atoms with Crippen molar-refractivity contribution in [3.05, 3.63) is 0 Å². The summed E-state index contributed by atoms with van der Waals surface area (Å²) < 4.78 is 10.7. The summed E-state index contributed by atoms with van der Waals surface area (Å²) in [5.41, 5.74) is -1.08. The maximum atomic E-state index is 10.9. The molecule has 0 aliphatic carbocycles. The minimum absolute atomic E-state index is 0.0277. The Labute approximate surface area is 76.8 Å². The van der Waals surface area contributed by atoms with Crippen molar-refractivity contribution >= 4 is 5.78 Å². The maximum Gasteiger partial charge on any atom is 0.187 e. The molecule has 13 heavy (non-hydrogen) atoms. The molecule has 4 nitrogen and oxygen atoms in total. The highest BCUT2D eigenvalue weighted by Crippen LogP contribution is 2.36. The number of fused-ring (bicyclic) bond motifs is 2. The summed E-state index contributed by atoms with van der Waals surface area (Å²) in [4.78, 5) is 10.9. The molecule has 0 amide bonds. The van der Waals surface area contributed by atoms with Crippen LogP contribution in [-0.2, 0) is 14.3 Å². The number of ether oxygens (including phenoxy) is 2. The predicted molar refractivity (Wildman–Crippen MR) is 44.1 cm³/mol. The lowest BCUT2D eigenvalue weighted by atomic mass is 9.89. The van der Waals surface area contributed by atoms with Crippen LogP contribution in [0.4, 0.5) is 0 Å². The summed E-state index contributed by atoms with van der Waals surface area (Å²) in [6.07, 6.45) is 1.04. The van der Waals surface area contributed by atoms with E-state index >= 15 is 0 Å². The molecule has 0 saturated carbocycles. The van der Waals surface area contributed by atoms with Crippen LogP contribution in [0.3, 0.4) is 0 Å². The summed E-state index contributed by atoms with van der Waals surface area (Å²) in [5, 5.41) is 10.1. The van der Waals surface area contributed by atoms with Gasteiger partial charge in [0.15, 0.2) is 6.29 Å². The van der Waals surface area contributed by atoms with Gasteiger partial charge in [-0.3, -0.25) is 4.79 Å². The largest absolute Gasteiger partial charge is 0.384 e. The summed E-state index contributed by atoms with van der Waals surface area (Å²) in [7, 11) is 0. The molecule has 2 fully saturated rings. The molecule has 2 aliphatic rings. The summed E-state index contributed by atoms with van der Waals surface area (Å²) in [6.45, 7) is 2.02. The van der Waals surface area contributed by atoms with Crippen LogP contribution >= 0.6 is 0 Å². The first kappa shape index (κ1) is 9.12. The lowest BCUT2D eigenvalue weighted by Gasteiger charge is -2.35. The van der Waals surface area contributed by atoms with Crippen molar-refractivity contribution < 1.29 is 19.4 Å². The minimum Gasteiger partial charge on any atom is -0.384 e. The van der Waals surface area contributed by atoms with Gasteiger partial charge in [-0.15, -0.1) is 0 Å². The SMILES string of the molecule is CC(=O)CC1(O)CCC2CO[C@@H]1O2. The van der Waals surface area contributed by atoms with E-state index in [1.54, 1.807) is 0 Å². The Kier molecular flexibility index (Phi) is 2.14. The zero-order valence-electron chi connectivity index (χ0n) is 7.66. The second-order valence-corrected chi connectivity index (χ2v) is 3.94. The third kappa shape index (κ3) is 1.61. The van der Waals surface area contributed by atoms with Crippen molar-refractivity contribution in [2.75, 3.05) is 6.61 Å². The van der Waals surface area contributed by atoms with Crippen LogP contribution in [0.1, 0.15) is 26.2 Å². The third-order valence-electron chi connectivity index (χ3n) is 2.64. The van der Waals surface area contributed by atoms with Gasteiger partial charge in [0.2, 0.25) is 0 Å². The van der Waals surface area contributed by atoms with Gasteiger partial charge < -0.3 is 14.6 Å². The fraction of sp³-hybridized carbons (Fsp3) is 0.889. The Balaban J connectivity index is 2.08. The lowest BCUT2D eigenvalue weighted by molar-refractivity contribution is -0.213. The molecule has 3 atom stereocenters. The Morgan fingerprint density at radius 3 is 3.15 bits per heavy atom. The van der Waals surface area contributed by atoms with E-state index in [9.17, 15) is 9.90 Å². The topological polar surface area (TPSA) is 55.8 Å². The van der Waals surface area contributed by atoms with Crippen LogP contribution in [0.5, 0.6) is 0 Å². The highest BCUT2D eigenvalue weighted by atomic mass is 16.7. The second-order valence-electron chi connectivity index (χ2n) is 3.94. The number of carbonyl (C=O) groups is 1. The molecule has 0 radical (unpaired) electrons. The van der Waals surface area contributed by atoms with Gasteiger partial charge in [0, 0.05) is 6.42 Å². The molecule has 2 saturated heterocycles. The van der Waals surface area contributed by atoms with Crippen LogP contribution in [0.25, 0.3) is 0 Å². The number of aliphatic hydroxyl groups is 1. The van der Waals surface area contributed by atoms with Crippen molar-refractivity contribution in [2.24, 2.45) is 0 Å². The Hall–Kier alpha value is -0.450. The van der Waals surface area contributed by atoms with Crippen LogP contribution in [-0.4, -0.2) is 35.5 Å². The number of Topliss-reactive ketones (excluding diaryl/α,β-unsaturated/α-hetero) is 1. The molecule has 2 heterocycles. The van der Waals surface area contributed by atoms with E-state index in [-0.39, 0.29) is 18.3 Å². The van der Waals surface area contributed by atoms with Gasteiger partial charge in [-0.25, -0.2) is 0 Å². The molecule has 0 aromatic heterocycles. The molecule has 0 aromatic rings. The highest BCUT2D eigenvalue weighted by Gasteiger charge is 2.48. The fourth-order valence-electron chi connectivity index (χ4n) is 2.01. The van der Waals surface area contributed by atoms with E-state index in [4.69, 9.17) is 9.47 Å². The van der Waals surface area contributed by atoms with Gasteiger partial charge in [-0.2, -0.15) is 0 Å². The van der Waals surface area contributed by atoms with E-state index in [2.05, 4.69) is 0 Å². The number of hydrogen-bond acceptors (Lipinski definition) is 4. The Morgan fingerprint density at radius 1 is 1.69 bits per heavy atom. The van der Waals surface area contributed by atoms with Crippen molar-refractivity contribution in [2.45, 2.75) is 44.2 Å². The molecule has 0 aromatic carbocycles. The minimum atomic E-state index is -1.08.